The number of aromatic nitrogens is 1. The van der Waals surface area contributed by atoms with Crippen LogP contribution in [0.2, 0.25) is 0 Å². The van der Waals surface area contributed by atoms with Crippen LogP contribution in [0.5, 0.6) is 0 Å². The molecule has 1 atom stereocenters. The van der Waals surface area contributed by atoms with Gasteiger partial charge in [-0.05, 0) is 56.0 Å². The Hall–Kier alpha value is -2.24. The number of benzene rings is 1. The molecule has 5 heteroatoms. The first-order chi connectivity index (χ1) is 13.5. The predicted molar refractivity (Wildman–Crippen MR) is 111 cm³/mol. The molecule has 1 N–H and O–H groups in total. The van der Waals surface area contributed by atoms with Gasteiger partial charge in [0.2, 0.25) is 5.91 Å². The molecule has 0 unspecified atom stereocenters. The molecule has 1 saturated heterocycles. The number of rotatable bonds is 7. The Labute approximate surface area is 168 Å². The van der Waals surface area contributed by atoms with Gasteiger partial charge in [-0.1, -0.05) is 30.3 Å². The molecule has 0 radical (unpaired) electrons. The van der Waals surface area contributed by atoms with Crippen LogP contribution >= 0.6 is 0 Å². The Morgan fingerprint density at radius 2 is 2.11 bits per heavy atom. The maximum Gasteiger partial charge on any atom is 0.236 e. The standard InChI is InChI=1S/C23H31N3O2/c1-19-7-3-4-9-21(19)13-23(18-27)10-6-12-26(17-23)22(28)16-25(2)15-20-8-5-11-24-14-20/h3-5,7-9,11,14,27H,6,10,12-13,15-18H2,1-2H3/t23-/m0/s1. The van der Waals surface area contributed by atoms with Crippen molar-refractivity contribution in [2.75, 3.05) is 33.3 Å². The molecule has 0 aliphatic carbocycles. The van der Waals surface area contributed by atoms with Crippen molar-refractivity contribution in [1.29, 1.82) is 0 Å². The molecule has 1 amide bonds. The Bertz CT molecular complexity index is 780. The smallest absolute Gasteiger partial charge is 0.236 e. The van der Waals surface area contributed by atoms with Gasteiger partial charge < -0.3 is 10.0 Å². The van der Waals surface area contributed by atoms with Crippen LogP contribution in [0.1, 0.15) is 29.5 Å². The third kappa shape index (κ3) is 5.18. The van der Waals surface area contributed by atoms with Crippen molar-refractivity contribution in [3.05, 3.63) is 65.5 Å². The van der Waals surface area contributed by atoms with Gasteiger partial charge in [0.05, 0.1) is 13.2 Å². The van der Waals surface area contributed by atoms with Gasteiger partial charge in [0.15, 0.2) is 0 Å². The molecule has 1 aliphatic heterocycles. The van der Waals surface area contributed by atoms with Crippen LogP contribution in [0, 0.1) is 12.3 Å². The topological polar surface area (TPSA) is 56.7 Å². The zero-order valence-electron chi connectivity index (χ0n) is 17.0. The lowest BCUT2D eigenvalue weighted by molar-refractivity contribution is -0.136. The van der Waals surface area contributed by atoms with Crippen LogP contribution < -0.4 is 0 Å². The average molecular weight is 382 g/mol. The number of aliphatic hydroxyl groups excluding tert-OH is 1. The average Bonchev–Trinajstić information content (AvgIpc) is 2.70. The summed E-state index contributed by atoms with van der Waals surface area (Å²) in [7, 11) is 1.96. The zero-order valence-corrected chi connectivity index (χ0v) is 17.0. The van der Waals surface area contributed by atoms with Crippen LogP contribution in [0.3, 0.4) is 0 Å². The van der Waals surface area contributed by atoms with Crippen molar-refractivity contribution < 1.29 is 9.90 Å². The molecule has 0 bridgehead atoms. The first-order valence-electron chi connectivity index (χ1n) is 10.0. The van der Waals surface area contributed by atoms with Gasteiger partial charge >= 0.3 is 0 Å². The van der Waals surface area contributed by atoms with E-state index in [1.807, 2.05) is 47.3 Å². The van der Waals surface area contributed by atoms with Crippen molar-refractivity contribution in [3.63, 3.8) is 0 Å². The molecule has 28 heavy (non-hydrogen) atoms. The first-order valence-corrected chi connectivity index (χ1v) is 10.0. The van der Waals surface area contributed by atoms with Crippen LogP contribution in [-0.2, 0) is 17.8 Å². The number of amides is 1. The lowest BCUT2D eigenvalue weighted by Gasteiger charge is -2.42. The number of pyridine rings is 1. The molecular formula is C23H31N3O2. The van der Waals surface area contributed by atoms with Gasteiger partial charge in [-0.2, -0.15) is 0 Å². The number of nitrogens with zero attached hydrogens (tertiary/aromatic N) is 3. The molecule has 2 heterocycles. The highest BCUT2D eigenvalue weighted by Crippen LogP contribution is 2.34. The Kier molecular flexibility index (Phi) is 6.81. The molecule has 150 valence electrons. The number of carbonyl (C=O) groups is 1. The third-order valence-electron chi connectivity index (χ3n) is 5.76. The molecule has 0 saturated carbocycles. The maximum absolute atomic E-state index is 12.9. The molecule has 1 aromatic carbocycles. The summed E-state index contributed by atoms with van der Waals surface area (Å²) in [5, 5.41) is 10.2. The van der Waals surface area contributed by atoms with E-state index in [1.54, 1.807) is 6.20 Å². The third-order valence-corrected chi connectivity index (χ3v) is 5.76. The fourth-order valence-electron chi connectivity index (χ4n) is 4.15. The molecule has 1 fully saturated rings. The summed E-state index contributed by atoms with van der Waals surface area (Å²) in [6, 6.07) is 12.3. The summed E-state index contributed by atoms with van der Waals surface area (Å²) in [6.07, 6.45) is 6.29. The first kappa shape index (κ1) is 20.5. The largest absolute Gasteiger partial charge is 0.396 e. The van der Waals surface area contributed by atoms with Crippen molar-refractivity contribution in [2.24, 2.45) is 5.41 Å². The number of hydrogen-bond donors (Lipinski definition) is 1. The molecule has 0 spiro atoms. The monoisotopic (exact) mass is 381 g/mol. The van der Waals surface area contributed by atoms with E-state index in [1.165, 1.54) is 11.1 Å². The van der Waals surface area contributed by atoms with Crippen molar-refractivity contribution >= 4 is 5.91 Å². The second kappa shape index (κ2) is 9.30. The molecule has 1 aromatic heterocycles. The van der Waals surface area contributed by atoms with E-state index < -0.39 is 0 Å². The van der Waals surface area contributed by atoms with Gasteiger partial charge in [0.1, 0.15) is 0 Å². The number of aryl methyl sites for hydroxylation is 1. The van der Waals surface area contributed by atoms with E-state index in [9.17, 15) is 9.90 Å². The lowest BCUT2D eigenvalue weighted by atomic mass is 9.75. The second-order valence-electron chi connectivity index (χ2n) is 8.21. The van der Waals surface area contributed by atoms with Gasteiger partial charge in [0, 0.05) is 37.4 Å². The number of aliphatic hydroxyl groups is 1. The van der Waals surface area contributed by atoms with Crippen LogP contribution in [0.15, 0.2) is 48.8 Å². The summed E-state index contributed by atoms with van der Waals surface area (Å²) >= 11 is 0. The van der Waals surface area contributed by atoms with E-state index in [0.717, 1.165) is 31.4 Å². The normalized spacial score (nSPS) is 19.8. The molecular weight excluding hydrogens is 350 g/mol. The van der Waals surface area contributed by atoms with Gasteiger partial charge in [-0.25, -0.2) is 0 Å². The second-order valence-corrected chi connectivity index (χ2v) is 8.21. The summed E-state index contributed by atoms with van der Waals surface area (Å²) in [6.45, 7) is 4.69. The minimum Gasteiger partial charge on any atom is -0.396 e. The van der Waals surface area contributed by atoms with Crippen LogP contribution in [-0.4, -0.2) is 59.1 Å². The molecule has 3 rings (SSSR count). The van der Waals surface area contributed by atoms with Gasteiger partial charge in [0.25, 0.3) is 0 Å². The number of likely N-dealkylation sites (tertiary alicyclic amines) is 1. The zero-order chi connectivity index (χ0) is 20.0. The Balaban J connectivity index is 1.62. The fraction of sp³-hybridized carbons (Fsp3) is 0.478. The number of carbonyl (C=O) groups excluding carboxylic acids is 1. The van der Waals surface area contributed by atoms with Crippen molar-refractivity contribution in [1.82, 2.24) is 14.8 Å². The molecule has 5 nitrogen and oxygen atoms in total. The number of likely N-dealkylation sites (N-methyl/N-ethyl adjacent to an activating group) is 1. The predicted octanol–water partition coefficient (Wildman–Crippen LogP) is 2.67. The van der Waals surface area contributed by atoms with E-state index in [0.29, 0.717) is 19.6 Å². The highest BCUT2D eigenvalue weighted by atomic mass is 16.3. The molecule has 1 aliphatic rings. The number of hydrogen-bond acceptors (Lipinski definition) is 4. The Morgan fingerprint density at radius 3 is 2.82 bits per heavy atom. The fourth-order valence-corrected chi connectivity index (χ4v) is 4.15. The maximum atomic E-state index is 12.9. The van der Waals surface area contributed by atoms with E-state index >= 15 is 0 Å². The quantitative estimate of drug-likeness (QED) is 0.801. The SMILES string of the molecule is Cc1ccccc1C[C@@]1(CO)CCCN(C(=O)CN(C)Cc2cccnc2)C1. The van der Waals surface area contributed by atoms with E-state index in [2.05, 4.69) is 24.0 Å². The highest BCUT2D eigenvalue weighted by Gasteiger charge is 2.37. The van der Waals surface area contributed by atoms with Crippen molar-refractivity contribution in [3.8, 4) is 0 Å². The Morgan fingerprint density at radius 1 is 1.29 bits per heavy atom. The minimum atomic E-state index is -0.248. The minimum absolute atomic E-state index is 0.108. The van der Waals surface area contributed by atoms with Gasteiger partial charge in [-0.3, -0.25) is 14.7 Å². The summed E-state index contributed by atoms with van der Waals surface area (Å²) in [5.41, 5.74) is 3.36. The highest BCUT2D eigenvalue weighted by molar-refractivity contribution is 5.78. The number of piperidine rings is 1. The lowest BCUT2D eigenvalue weighted by Crippen LogP contribution is -2.51. The van der Waals surface area contributed by atoms with E-state index in [4.69, 9.17) is 0 Å². The van der Waals surface area contributed by atoms with E-state index in [-0.39, 0.29) is 17.9 Å². The summed E-state index contributed by atoms with van der Waals surface area (Å²) in [4.78, 5) is 21.0. The van der Waals surface area contributed by atoms with Crippen LogP contribution in [0.4, 0.5) is 0 Å². The summed E-state index contributed by atoms with van der Waals surface area (Å²) in [5.74, 6) is 0.133. The van der Waals surface area contributed by atoms with Crippen molar-refractivity contribution in [2.45, 2.75) is 32.7 Å². The molecule has 2 aromatic rings. The van der Waals surface area contributed by atoms with Gasteiger partial charge in [-0.15, -0.1) is 0 Å². The van der Waals surface area contributed by atoms with Crippen LogP contribution in [0.25, 0.3) is 0 Å². The summed E-state index contributed by atoms with van der Waals surface area (Å²) < 4.78 is 0.